The molecule has 0 fully saturated rings. The third-order valence-electron chi connectivity index (χ3n) is 3.29. The SMILES string of the molecule is CCCNCC(C)(CCC)CN(CC)CC(F)(F)F. The fourth-order valence-electron chi connectivity index (χ4n) is 2.47. The molecule has 0 amide bonds. The highest BCUT2D eigenvalue weighted by Crippen LogP contribution is 2.26. The van der Waals surface area contributed by atoms with Gasteiger partial charge in [-0.25, -0.2) is 0 Å². The first kappa shape index (κ1) is 18.7. The summed E-state index contributed by atoms with van der Waals surface area (Å²) in [5.74, 6) is 0. The molecule has 0 bridgehead atoms. The van der Waals surface area contributed by atoms with Crippen LogP contribution in [0, 0.1) is 5.41 Å². The number of rotatable bonds is 10. The van der Waals surface area contributed by atoms with Gasteiger partial charge in [0.15, 0.2) is 0 Å². The summed E-state index contributed by atoms with van der Waals surface area (Å²) in [6.45, 7) is 9.87. The van der Waals surface area contributed by atoms with E-state index in [1.54, 1.807) is 6.92 Å². The standard InChI is InChI=1S/C14H29F3N2/c1-5-8-13(4,10-18-9-6-2)11-19(7-3)12-14(15,16)17/h18H,5-12H2,1-4H3. The van der Waals surface area contributed by atoms with Crippen molar-refractivity contribution in [3.8, 4) is 0 Å². The van der Waals surface area contributed by atoms with Crippen LogP contribution in [0.3, 0.4) is 0 Å². The Labute approximate surface area is 115 Å². The van der Waals surface area contributed by atoms with Gasteiger partial charge in [0.25, 0.3) is 0 Å². The molecule has 1 N–H and O–H groups in total. The second-order valence-electron chi connectivity index (χ2n) is 5.66. The first-order valence-electron chi connectivity index (χ1n) is 7.26. The van der Waals surface area contributed by atoms with Gasteiger partial charge in [0.2, 0.25) is 0 Å². The summed E-state index contributed by atoms with van der Waals surface area (Å²) >= 11 is 0. The summed E-state index contributed by atoms with van der Waals surface area (Å²) in [4.78, 5) is 1.50. The average Bonchev–Trinajstić information content (AvgIpc) is 2.27. The minimum Gasteiger partial charge on any atom is -0.316 e. The van der Waals surface area contributed by atoms with E-state index in [2.05, 4.69) is 26.1 Å². The van der Waals surface area contributed by atoms with Crippen molar-refractivity contribution < 1.29 is 13.2 Å². The Morgan fingerprint density at radius 1 is 1.00 bits per heavy atom. The molecule has 0 aliphatic rings. The van der Waals surface area contributed by atoms with Gasteiger partial charge in [-0.1, -0.05) is 34.1 Å². The summed E-state index contributed by atoms with van der Waals surface area (Å²) in [5, 5.41) is 3.34. The summed E-state index contributed by atoms with van der Waals surface area (Å²) in [6.07, 6.45) is -1.13. The fourth-order valence-corrected chi connectivity index (χ4v) is 2.47. The van der Waals surface area contributed by atoms with Gasteiger partial charge in [0.1, 0.15) is 0 Å². The lowest BCUT2D eigenvalue weighted by molar-refractivity contribution is -0.148. The molecule has 0 heterocycles. The van der Waals surface area contributed by atoms with Crippen LogP contribution in [-0.4, -0.2) is 43.8 Å². The molecule has 0 aliphatic carbocycles. The summed E-state index contributed by atoms with van der Waals surface area (Å²) in [6, 6.07) is 0. The largest absolute Gasteiger partial charge is 0.401 e. The first-order valence-corrected chi connectivity index (χ1v) is 7.26. The second kappa shape index (κ2) is 8.80. The van der Waals surface area contributed by atoms with Crippen LogP contribution in [0.1, 0.15) is 47.0 Å². The van der Waals surface area contributed by atoms with Gasteiger partial charge in [-0.3, -0.25) is 4.90 Å². The van der Waals surface area contributed by atoms with E-state index in [0.717, 1.165) is 32.4 Å². The van der Waals surface area contributed by atoms with Crippen molar-refractivity contribution in [1.82, 2.24) is 10.2 Å². The van der Waals surface area contributed by atoms with Gasteiger partial charge in [-0.15, -0.1) is 0 Å². The molecular formula is C14H29F3N2. The van der Waals surface area contributed by atoms with E-state index in [-0.39, 0.29) is 5.41 Å². The zero-order chi connectivity index (χ0) is 14.9. The number of halogens is 3. The molecule has 0 saturated carbocycles. The number of hydrogen-bond acceptors (Lipinski definition) is 2. The monoisotopic (exact) mass is 282 g/mol. The van der Waals surface area contributed by atoms with Crippen molar-refractivity contribution >= 4 is 0 Å². The van der Waals surface area contributed by atoms with Crippen LogP contribution >= 0.6 is 0 Å². The van der Waals surface area contributed by atoms with E-state index < -0.39 is 12.7 Å². The zero-order valence-corrected chi connectivity index (χ0v) is 12.7. The Bertz CT molecular complexity index is 231. The highest BCUT2D eigenvalue weighted by molar-refractivity contribution is 4.81. The summed E-state index contributed by atoms with van der Waals surface area (Å²) in [7, 11) is 0. The molecule has 0 aromatic carbocycles. The lowest BCUT2D eigenvalue weighted by Crippen LogP contribution is -2.45. The van der Waals surface area contributed by atoms with Crippen molar-refractivity contribution in [2.45, 2.75) is 53.1 Å². The van der Waals surface area contributed by atoms with E-state index in [0.29, 0.717) is 13.1 Å². The molecule has 2 nitrogen and oxygen atoms in total. The van der Waals surface area contributed by atoms with Crippen LogP contribution in [0.5, 0.6) is 0 Å². The van der Waals surface area contributed by atoms with Gasteiger partial charge >= 0.3 is 6.18 Å². The van der Waals surface area contributed by atoms with Crippen LogP contribution in [0.2, 0.25) is 0 Å². The number of nitrogens with zero attached hydrogens (tertiary/aromatic N) is 1. The van der Waals surface area contributed by atoms with Crippen molar-refractivity contribution in [3.05, 3.63) is 0 Å². The van der Waals surface area contributed by atoms with Crippen LogP contribution in [0.4, 0.5) is 13.2 Å². The highest BCUT2D eigenvalue weighted by Gasteiger charge is 2.33. The second-order valence-corrected chi connectivity index (χ2v) is 5.66. The molecule has 0 spiro atoms. The van der Waals surface area contributed by atoms with Gasteiger partial charge in [0, 0.05) is 13.1 Å². The Balaban J connectivity index is 4.50. The van der Waals surface area contributed by atoms with Crippen LogP contribution in [0.15, 0.2) is 0 Å². The zero-order valence-electron chi connectivity index (χ0n) is 12.7. The van der Waals surface area contributed by atoms with Crippen LogP contribution in [0.25, 0.3) is 0 Å². The molecule has 1 unspecified atom stereocenters. The Kier molecular flexibility index (Phi) is 8.66. The Hall–Kier alpha value is -0.290. The lowest BCUT2D eigenvalue weighted by Gasteiger charge is -2.35. The van der Waals surface area contributed by atoms with Gasteiger partial charge < -0.3 is 5.32 Å². The molecule has 0 aliphatic heterocycles. The van der Waals surface area contributed by atoms with Crippen LogP contribution in [-0.2, 0) is 0 Å². The molecule has 0 saturated heterocycles. The van der Waals surface area contributed by atoms with Gasteiger partial charge in [-0.05, 0) is 31.3 Å². The molecule has 0 aromatic heterocycles. The van der Waals surface area contributed by atoms with Crippen molar-refractivity contribution in [1.29, 1.82) is 0 Å². The maximum Gasteiger partial charge on any atom is 0.401 e. The summed E-state index contributed by atoms with van der Waals surface area (Å²) < 4.78 is 37.5. The number of alkyl halides is 3. The highest BCUT2D eigenvalue weighted by atomic mass is 19.4. The topological polar surface area (TPSA) is 15.3 Å². The van der Waals surface area contributed by atoms with E-state index >= 15 is 0 Å². The minimum atomic E-state index is -4.11. The van der Waals surface area contributed by atoms with Crippen LogP contribution < -0.4 is 5.32 Å². The molecule has 116 valence electrons. The average molecular weight is 282 g/mol. The first-order chi connectivity index (χ1) is 8.76. The van der Waals surface area contributed by atoms with Gasteiger partial charge in [-0.2, -0.15) is 13.2 Å². The number of nitrogens with one attached hydrogen (secondary N) is 1. The van der Waals surface area contributed by atoms with E-state index in [1.165, 1.54) is 4.90 Å². The maximum atomic E-state index is 12.5. The molecule has 0 rings (SSSR count). The van der Waals surface area contributed by atoms with E-state index in [9.17, 15) is 13.2 Å². The molecule has 1 atom stereocenters. The third kappa shape index (κ3) is 9.27. The van der Waals surface area contributed by atoms with Gasteiger partial charge in [0.05, 0.1) is 6.54 Å². The minimum absolute atomic E-state index is 0.0921. The normalized spacial score (nSPS) is 15.8. The molecule has 5 heteroatoms. The molecule has 19 heavy (non-hydrogen) atoms. The van der Waals surface area contributed by atoms with Crippen molar-refractivity contribution in [2.75, 3.05) is 32.7 Å². The Morgan fingerprint density at radius 2 is 1.63 bits per heavy atom. The fraction of sp³-hybridized carbons (Fsp3) is 1.00. The lowest BCUT2D eigenvalue weighted by atomic mass is 9.84. The molecular weight excluding hydrogens is 253 g/mol. The predicted octanol–water partition coefficient (Wildman–Crippen LogP) is 3.68. The predicted molar refractivity (Wildman–Crippen MR) is 74.3 cm³/mol. The van der Waals surface area contributed by atoms with E-state index in [4.69, 9.17) is 0 Å². The van der Waals surface area contributed by atoms with Crippen molar-refractivity contribution in [2.24, 2.45) is 5.41 Å². The quantitative estimate of drug-likeness (QED) is 0.615. The van der Waals surface area contributed by atoms with E-state index in [1.807, 2.05) is 0 Å². The third-order valence-corrected chi connectivity index (χ3v) is 3.29. The Morgan fingerprint density at radius 3 is 2.05 bits per heavy atom. The van der Waals surface area contributed by atoms with Crippen molar-refractivity contribution in [3.63, 3.8) is 0 Å². The smallest absolute Gasteiger partial charge is 0.316 e. The molecule has 0 aromatic rings. The number of hydrogen-bond donors (Lipinski definition) is 1. The maximum absolute atomic E-state index is 12.5. The molecule has 0 radical (unpaired) electrons. The summed E-state index contributed by atoms with van der Waals surface area (Å²) in [5.41, 5.74) is -0.0921.